The number of aliphatic imine (C=N–C) groups is 1. The van der Waals surface area contributed by atoms with Gasteiger partial charge >= 0.3 is 0 Å². The van der Waals surface area contributed by atoms with Crippen molar-refractivity contribution in [1.29, 1.82) is 0 Å². The lowest BCUT2D eigenvalue weighted by molar-refractivity contribution is 0.345. The van der Waals surface area contributed by atoms with Gasteiger partial charge in [-0.2, -0.15) is 0 Å². The highest BCUT2D eigenvalue weighted by Crippen LogP contribution is 2.10. The van der Waals surface area contributed by atoms with Crippen LogP contribution in [-0.4, -0.2) is 37.0 Å². The second-order valence-electron chi connectivity index (χ2n) is 6.13. The van der Waals surface area contributed by atoms with Crippen molar-refractivity contribution in [2.75, 3.05) is 20.1 Å². The summed E-state index contributed by atoms with van der Waals surface area (Å²) in [6.07, 6.45) is 6.64. The maximum Gasteiger partial charge on any atom is 0.191 e. The molecular formula is C19H31IN4. The Morgan fingerprint density at radius 3 is 2.58 bits per heavy atom. The molecule has 0 bridgehead atoms. The molecule has 0 atom stereocenters. The van der Waals surface area contributed by atoms with Crippen molar-refractivity contribution >= 4 is 29.9 Å². The van der Waals surface area contributed by atoms with Gasteiger partial charge in [0.1, 0.15) is 0 Å². The van der Waals surface area contributed by atoms with E-state index in [4.69, 9.17) is 4.99 Å². The maximum atomic E-state index is 4.74. The summed E-state index contributed by atoms with van der Waals surface area (Å²) < 4.78 is 0. The van der Waals surface area contributed by atoms with Crippen molar-refractivity contribution in [3.8, 4) is 0 Å². The van der Waals surface area contributed by atoms with E-state index in [2.05, 4.69) is 72.8 Å². The monoisotopic (exact) mass is 442 g/mol. The van der Waals surface area contributed by atoms with Crippen LogP contribution >= 0.6 is 24.0 Å². The van der Waals surface area contributed by atoms with Crippen molar-refractivity contribution in [3.63, 3.8) is 0 Å². The molecule has 0 aliphatic heterocycles. The molecule has 1 aliphatic carbocycles. The summed E-state index contributed by atoms with van der Waals surface area (Å²) in [5.41, 5.74) is 2.61. The fourth-order valence-corrected chi connectivity index (χ4v) is 2.67. The van der Waals surface area contributed by atoms with Gasteiger partial charge in [-0.1, -0.05) is 43.3 Å². The van der Waals surface area contributed by atoms with Crippen LogP contribution in [0.3, 0.4) is 0 Å². The van der Waals surface area contributed by atoms with Crippen LogP contribution in [0, 0.1) is 0 Å². The molecule has 0 amide bonds. The van der Waals surface area contributed by atoms with Gasteiger partial charge in [0, 0.05) is 19.1 Å². The number of guanidine groups is 1. The van der Waals surface area contributed by atoms with E-state index in [1.807, 2.05) is 0 Å². The lowest BCUT2D eigenvalue weighted by Crippen LogP contribution is -2.42. The molecule has 0 saturated carbocycles. The smallest absolute Gasteiger partial charge is 0.191 e. The second-order valence-corrected chi connectivity index (χ2v) is 6.13. The zero-order valence-electron chi connectivity index (χ0n) is 15.1. The topological polar surface area (TPSA) is 39.7 Å². The van der Waals surface area contributed by atoms with E-state index >= 15 is 0 Å². The number of hydrogen-bond donors (Lipinski definition) is 2. The molecule has 24 heavy (non-hydrogen) atoms. The van der Waals surface area contributed by atoms with Gasteiger partial charge < -0.3 is 15.5 Å². The molecule has 1 aromatic rings. The van der Waals surface area contributed by atoms with Gasteiger partial charge in [-0.05, 0) is 44.5 Å². The van der Waals surface area contributed by atoms with Crippen molar-refractivity contribution < 1.29 is 0 Å². The summed E-state index contributed by atoms with van der Waals surface area (Å²) in [6, 6.07) is 9.21. The molecular weight excluding hydrogens is 411 g/mol. The summed E-state index contributed by atoms with van der Waals surface area (Å²) in [5, 5.41) is 6.85. The zero-order chi connectivity index (χ0) is 16.5. The van der Waals surface area contributed by atoms with Crippen LogP contribution in [0.1, 0.15) is 37.8 Å². The van der Waals surface area contributed by atoms with Crippen molar-refractivity contribution in [2.24, 2.45) is 4.99 Å². The molecule has 0 unspecified atom stereocenters. The largest absolute Gasteiger partial charge is 0.357 e. The number of hydrogen-bond acceptors (Lipinski definition) is 2. The summed E-state index contributed by atoms with van der Waals surface area (Å²) in [7, 11) is 2.15. The highest BCUT2D eigenvalue weighted by atomic mass is 127. The maximum absolute atomic E-state index is 4.74. The van der Waals surface area contributed by atoms with Crippen molar-refractivity contribution in [1.82, 2.24) is 15.5 Å². The summed E-state index contributed by atoms with van der Waals surface area (Å²) in [4.78, 5) is 7.05. The fourth-order valence-electron chi connectivity index (χ4n) is 2.67. The fraction of sp³-hybridized carbons (Fsp3) is 0.526. The first-order valence-electron chi connectivity index (χ1n) is 8.67. The average molecular weight is 442 g/mol. The van der Waals surface area contributed by atoms with E-state index in [9.17, 15) is 0 Å². The Bertz CT molecular complexity index is 534. The van der Waals surface area contributed by atoms with Gasteiger partial charge in [0.2, 0.25) is 0 Å². The lowest BCUT2D eigenvalue weighted by Gasteiger charge is -2.17. The predicted octanol–water partition coefficient (Wildman–Crippen LogP) is 3.53. The van der Waals surface area contributed by atoms with Gasteiger partial charge in [0.25, 0.3) is 0 Å². The first-order chi connectivity index (χ1) is 11.2. The quantitative estimate of drug-likeness (QED) is 0.294. The molecule has 1 aromatic carbocycles. The van der Waals surface area contributed by atoms with Gasteiger partial charge in [0.15, 0.2) is 5.96 Å². The van der Waals surface area contributed by atoms with Crippen molar-refractivity contribution in [2.45, 2.75) is 45.8 Å². The molecule has 2 N–H and O–H groups in total. The van der Waals surface area contributed by atoms with Gasteiger partial charge in [0.05, 0.1) is 6.54 Å². The van der Waals surface area contributed by atoms with Crippen LogP contribution < -0.4 is 10.6 Å². The van der Waals surface area contributed by atoms with Crippen LogP contribution in [0.5, 0.6) is 0 Å². The van der Waals surface area contributed by atoms with E-state index in [1.54, 1.807) is 0 Å². The Kier molecular flexibility index (Phi) is 10.0. The Morgan fingerprint density at radius 2 is 1.92 bits per heavy atom. The molecule has 4 nitrogen and oxygen atoms in total. The SMILES string of the molecule is CCNC(=NCc1cccc(CN(C)CC)c1)NC1CC=CC1.I. The Balaban J connectivity index is 0.00000288. The normalized spacial score (nSPS) is 14.8. The molecule has 0 saturated heterocycles. The van der Waals surface area contributed by atoms with E-state index < -0.39 is 0 Å². The minimum absolute atomic E-state index is 0. The minimum Gasteiger partial charge on any atom is -0.357 e. The van der Waals surface area contributed by atoms with E-state index in [0.717, 1.165) is 38.4 Å². The van der Waals surface area contributed by atoms with Crippen LogP contribution in [0.2, 0.25) is 0 Å². The lowest BCUT2D eigenvalue weighted by atomic mass is 10.1. The molecule has 0 aromatic heterocycles. The molecule has 0 radical (unpaired) electrons. The third-order valence-electron chi connectivity index (χ3n) is 4.10. The number of nitrogens with one attached hydrogen (secondary N) is 2. The molecule has 0 heterocycles. The van der Waals surface area contributed by atoms with Crippen LogP contribution in [0.4, 0.5) is 0 Å². The molecule has 0 spiro atoms. The highest BCUT2D eigenvalue weighted by molar-refractivity contribution is 14.0. The Morgan fingerprint density at radius 1 is 1.21 bits per heavy atom. The molecule has 2 rings (SSSR count). The number of nitrogens with zero attached hydrogens (tertiary/aromatic N) is 2. The Hall–Kier alpha value is -1.08. The second kappa shape index (κ2) is 11.5. The average Bonchev–Trinajstić information content (AvgIpc) is 3.06. The van der Waals surface area contributed by atoms with Crippen LogP contribution in [0.25, 0.3) is 0 Å². The van der Waals surface area contributed by atoms with Gasteiger partial charge in [-0.25, -0.2) is 4.99 Å². The molecule has 0 fully saturated rings. The number of halogens is 1. The summed E-state index contributed by atoms with van der Waals surface area (Å²) in [5.74, 6) is 0.914. The van der Waals surface area contributed by atoms with Gasteiger partial charge in [-0.15, -0.1) is 24.0 Å². The van der Waals surface area contributed by atoms with E-state index in [0.29, 0.717) is 12.6 Å². The van der Waals surface area contributed by atoms with E-state index in [-0.39, 0.29) is 24.0 Å². The third kappa shape index (κ3) is 7.21. The summed E-state index contributed by atoms with van der Waals surface area (Å²) >= 11 is 0. The predicted molar refractivity (Wildman–Crippen MR) is 114 cm³/mol. The van der Waals surface area contributed by atoms with Crippen molar-refractivity contribution in [3.05, 3.63) is 47.5 Å². The zero-order valence-corrected chi connectivity index (χ0v) is 17.4. The Labute approximate surface area is 163 Å². The first-order valence-corrected chi connectivity index (χ1v) is 8.67. The van der Waals surface area contributed by atoms with Gasteiger partial charge in [-0.3, -0.25) is 0 Å². The van der Waals surface area contributed by atoms with Crippen LogP contribution in [0.15, 0.2) is 41.4 Å². The molecule has 5 heteroatoms. The number of rotatable bonds is 7. The first kappa shape index (κ1) is 21.0. The third-order valence-corrected chi connectivity index (χ3v) is 4.10. The van der Waals surface area contributed by atoms with E-state index in [1.165, 1.54) is 11.1 Å². The molecule has 1 aliphatic rings. The summed E-state index contributed by atoms with van der Waals surface area (Å²) in [6.45, 7) is 7.92. The van der Waals surface area contributed by atoms with Crippen LogP contribution in [-0.2, 0) is 13.1 Å². The highest BCUT2D eigenvalue weighted by Gasteiger charge is 2.11. The standard InChI is InChI=1S/C19H30N4.HI/c1-4-20-19(22-18-11-6-7-12-18)21-14-16-9-8-10-17(13-16)15-23(3)5-2;/h6-10,13,18H,4-5,11-12,14-15H2,1-3H3,(H2,20,21,22);1H. The molecule has 134 valence electrons. The minimum atomic E-state index is 0. The number of benzene rings is 1.